The van der Waals surface area contributed by atoms with Crippen molar-refractivity contribution in [1.29, 1.82) is 0 Å². The molecular weight excluding hydrogens is 476 g/mol. The molecule has 0 saturated carbocycles. The van der Waals surface area contributed by atoms with Crippen molar-refractivity contribution in [3.05, 3.63) is 90.0 Å². The molecule has 1 amide bonds. The van der Waals surface area contributed by atoms with E-state index in [0.29, 0.717) is 23.1 Å². The topological polar surface area (TPSA) is 84.9 Å². The smallest absolute Gasteiger partial charge is 0.264 e. The number of nitrogens with one attached hydrogen (secondary N) is 1. The lowest BCUT2D eigenvalue weighted by Crippen LogP contribution is -2.38. The number of carbonyl (C=O) groups excluding carboxylic acids is 1. The summed E-state index contributed by atoms with van der Waals surface area (Å²) in [6.45, 7) is 5.31. The maximum Gasteiger partial charge on any atom is 0.264 e. The minimum atomic E-state index is -4.12. The summed E-state index contributed by atoms with van der Waals surface area (Å²) in [6.07, 6.45) is 1.63. The molecule has 0 radical (unpaired) electrons. The van der Waals surface area contributed by atoms with Crippen LogP contribution in [0.4, 0.5) is 11.4 Å². The highest BCUT2D eigenvalue weighted by Gasteiger charge is 2.29. The molecule has 0 bridgehead atoms. The van der Waals surface area contributed by atoms with Crippen LogP contribution in [0.1, 0.15) is 5.56 Å². The second-order valence-electron chi connectivity index (χ2n) is 7.31. The molecule has 9 heteroatoms. The number of halogens is 1. The minimum Gasteiger partial charge on any atom is -0.495 e. The molecule has 3 aromatic carbocycles. The molecule has 0 spiro atoms. The van der Waals surface area contributed by atoms with Crippen LogP contribution in [-0.4, -0.2) is 34.6 Å². The highest BCUT2D eigenvalue weighted by atomic mass is 35.5. The molecule has 0 unspecified atom stereocenters. The lowest BCUT2D eigenvalue weighted by molar-refractivity contribution is -0.114. The summed E-state index contributed by atoms with van der Waals surface area (Å²) in [5.41, 5.74) is 1.55. The van der Waals surface area contributed by atoms with E-state index in [-0.39, 0.29) is 16.3 Å². The zero-order valence-corrected chi connectivity index (χ0v) is 20.4. The van der Waals surface area contributed by atoms with Crippen molar-refractivity contribution < 1.29 is 22.7 Å². The Morgan fingerprint density at radius 3 is 2.38 bits per heavy atom. The highest BCUT2D eigenvalue weighted by Crippen LogP contribution is 2.35. The number of sulfonamides is 1. The molecule has 0 aliphatic carbocycles. The molecule has 0 fully saturated rings. The van der Waals surface area contributed by atoms with Gasteiger partial charge in [0.05, 0.1) is 17.7 Å². The minimum absolute atomic E-state index is 0.0386. The summed E-state index contributed by atoms with van der Waals surface area (Å²) in [5.74, 6) is 0.333. The second kappa shape index (κ2) is 11.1. The average molecular weight is 501 g/mol. The Hall–Kier alpha value is -3.49. The number of hydrogen-bond donors (Lipinski definition) is 1. The van der Waals surface area contributed by atoms with Gasteiger partial charge in [0.15, 0.2) is 0 Å². The summed E-state index contributed by atoms with van der Waals surface area (Å²) >= 11 is 6.16. The number of rotatable bonds is 10. The molecule has 0 heterocycles. The Bertz CT molecular complexity index is 1260. The van der Waals surface area contributed by atoms with Gasteiger partial charge in [0.1, 0.15) is 24.7 Å². The van der Waals surface area contributed by atoms with Crippen molar-refractivity contribution in [1.82, 2.24) is 0 Å². The summed E-state index contributed by atoms with van der Waals surface area (Å²) < 4.78 is 38.9. The SMILES string of the molecule is C=CCOc1ccc(NC(=O)CN(c2cc(Cl)ccc2OC)S(=O)(=O)c2ccc(C)cc2)cc1. The second-order valence-corrected chi connectivity index (χ2v) is 9.61. The van der Waals surface area contributed by atoms with Crippen LogP contribution in [0.25, 0.3) is 0 Å². The molecule has 0 atom stereocenters. The molecule has 1 N–H and O–H groups in total. The van der Waals surface area contributed by atoms with Crippen LogP contribution < -0.4 is 19.1 Å². The van der Waals surface area contributed by atoms with Crippen molar-refractivity contribution in [2.24, 2.45) is 0 Å². The number of anilines is 2. The quantitative estimate of drug-likeness (QED) is 0.393. The molecule has 3 aromatic rings. The third-order valence-corrected chi connectivity index (χ3v) is 6.82. The predicted molar refractivity (Wildman–Crippen MR) is 134 cm³/mol. The van der Waals surface area contributed by atoms with Crippen molar-refractivity contribution in [2.75, 3.05) is 29.9 Å². The fourth-order valence-electron chi connectivity index (χ4n) is 3.12. The summed E-state index contributed by atoms with van der Waals surface area (Å²) in [7, 11) is -2.70. The maximum absolute atomic E-state index is 13.6. The van der Waals surface area contributed by atoms with E-state index in [9.17, 15) is 13.2 Å². The number of hydrogen-bond acceptors (Lipinski definition) is 5. The Labute approximate surface area is 204 Å². The van der Waals surface area contributed by atoms with E-state index in [1.807, 2.05) is 6.92 Å². The predicted octanol–water partition coefficient (Wildman–Crippen LogP) is 5.06. The molecule has 178 valence electrons. The number of aryl methyl sites for hydroxylation is 1. The van der Waals surface area contributed by atoms with Crippen LogP contribution in [0.2, 0.25) is 5.02 Å². The van der Waals surface area contributed by atoms with Crippen LogP contribution in [-0.2, 0) is 14.8 Å². The first-order chi connectivity index (χ1) is 16.2. The molecule has 34 heavy (non-hydrogen) atoms. The maximum atomic E-state index is 13.6. The van der Waals surface area contributed by atoms with Gasteiger partial charge < -0.3 is 14.8 Å². The third-order valence-electron chi connectivity index (χ3n) is 4.81. The first kappa shape index (κ1) is 25.1. The number of ether oxygens (including phenoxy) is 2. The molecule has 3 rings (SSSR count). The molecule has 0 aliphatic heterocycles. The summed E-state index contributed by atoms with van der Waals surface area (Å²) in [4.78, 5) is 13.0. The van der Waals surface area contributed by atoms with Crippen molar-refractivity contribution in [3.63, 3.8) is 0 Å². The van der Waals surface area contributed by atoms with Gasteiger partial charge in [-0.05, 0) is 61.5 Å². The van der Waals surface area contributed by atoms with E-state index in [4.69, 9.17) is 21.1 Å². The van der Waals surface area contributed by atoms with Crippen LogP contribution in [0.5, 0.6) is 11.5 Å². The van der Waals surface area contributed by atoms with Crippen LogP contribution in [0, 0.1) is 6.92 Å². The van der Waals surface area contributed by atoms with Gasteiger partial charge in [-0.15, -0.1) is 0 Å². The number of methoxy groups -OCH3 is 1. The van der Waals surface area contributed by atoms with E-state index in [0.717, 1.165) is 9.87 Å². The molecule has 7 nitrogen and oxygen atoms in total. The Morgan fingerprint density at radius 2 is 1.76 bits per heavy atom. The fourth-order valence-corrected chi connectivity index (χ4v) is 4.71. The standard InChI is InChI=1S/C25H25ClN2O5S/c1-4-15-33-21-10-8-20(9-11-21)27-25(29)17-28(23-16-19(26)7-14-24(23)32-3)34(30,31)22-12-5-18(2)6-13-22/h4-14,16H,1,15,17H2,2-3H3,(H,27,29). The van der Waals surface area contributed by atoms with Crippen LogP contribution >= 0.6 is 11.6 Å². The van der Waals surface area contributed by atoms with Gasteiger partial charge in [0.25, 0.3) is 10.0 Å². The van der Waals surface area contributed by atoms with Gasteiger partial charge in [-0.3, -0.25) is 9.10 Å². The monoisotopic (exact) mass is 500 g/mol. The first-order valence-corrected chi connectivity index (χ1v) is 12.1. The Kier molecular flexibility index (Phi) is 8.20. The average Bonchev–Trinajstić information content (AvgIpc) is 2.82. The lowest BCUT2D eigenvalue weighted by atomic mass is 10.2. The van der Waals surface area contributed by atoms with Gasteiger partial charge in [-0.25, -0.2) is 8.42 Å². The third kappa shape index (κ3) is 6.09. The van der Waals surface area contributed by atoms with Gasteiger partial charge in [-0.2, -0.15) is 0 Å². The van der Waals surface area contributed by atoms with Crippen LogP contribution in [0.15, 0.2) is 84.3 Å². The number of benzene rings is 3. The van der Waals surface area contributed by atoms with E-state index in [2.05, 4.69) is 11.9 Å². The number of carbonyl (C=O) groups is 1. The number of nitrogens with zero attached hydrogens (tertiary/aromatic N) is 1. The lowest BCUT2D eigenvalue weighted by Gasteiger charge is -2.26. The Morgan fingerprint density at radius 1 is 1.09 bits per heavy atom. The molecule has 0 saturated heterocycles. The van der Waals surface area contributed by atoms with Gasteiger partial charge in [0.2, 0.25) is 5.91 Å². The van der Waals surface area contributed by atoms with Crippen LogP contribution in [0.3, 0.4) is 0 Å². The van der Waals surface area contributed by atoms with Crippen molar-refractivity contribution in [2.45, 2.75) is 11.8 Å². The van der Waals surface area contributed by atoms with Crippen molar-refractivity contribution in [3.8, 4) is 11.5 Å². The van der Waals surface area contributed by atoms with E-state index >= 15 is 0 Å². The molecule has 0 aliphatic rings. The van der Waals surface area contributed by atoms with Gasteiger partial charge >= 0.3 is 0 Å². The van der Waals surface area contributed by atoms with E-state index in [1.165, 1.54) is 25.3 Å². The van der Waals surface area contributed by atoms with Crippen molar-refractivity contribution >= 4 is 38.9 Å². The normalized spacial score (nSPS) is 10.9. The molecule has 0 aromatic heterocycles. The van der Waals surface area contributed by atoms with Gasteiger partial charge in [0, 0.05) is 10.7 Å². The highest BCUT2D eigenvalue weighted by molar-refractivity contribution is 7.92. The van der Waals surface area contributed by atoms with E-state index in [1.54, 1.807) is 54.6 Å². The Balaban J connectivity index is 1.93. The summed E-state index contributed by atoms with van der Waals surface area (Å²) in [6, 6.07) is 17.7. The molecular formula is C25H25ClN2O5S. The fraction of sp³-hybridized carbons (Fsp3) is 0.160. The largest absolute Gasteiger partial charge is 0.495 e. The van der Waals surface area contributed by atoms with Gasteiger partial charge in [-0.1, -0.05) is 42.0 Å². The van der Waals surface area contributed by atoms with E-state index < -0.39 is 22.5 Å². The first-order valence-electron chi connectivity index (χ1n) is 10.3. The zero-order valence-electron chi connectivity index (χ0n) is 18.8. The number of amides is 1. The zero-order chi connectivity index (χ0) is 24.7. The summed E-state index contributed by atoms with van der Waals surface area (Å²) in [5, 5.41) is 3.02.